The lowest BCUT2D eigenvalue weighted by molar-refractivity contribution is -0.115. The third-order valence-corrected chi connectivity index (χ3v) is 5.68. The van der Waals surface area contributed by atoms with Gasteiger partial charge in [0.25, 0.3) is 5.91 Å². The molecule has 4 aromatic heterocycles. The maximum Gasteiger partial charge on any atom is 0.267 e. The van der Waals surface area contributed by atoms with Crippen LogP contribution in [0, 0.1) is 6.92 Å². The monoisotopic (exact) mass is 412 g/mol. The van der Waals surface area contributed by atoms with Gasteiger partial charge in [0.05, 0.1) is 34.6 Å². The summed E-state index contributed by atoms with van der Waals surface area (Å²) in [7, 11) is 1.83. The summed E-state index contributed by atoms with van der Waals surface area (Å²) in [6, 6.07) is 5.42. The highest BCUT2D eigenvalue weighted by atomic mass is 32.1. The molecule has 0 saturated carbocycles. The van der Waals surface area contributed by atoms with Crippen molar-refractivity contribution in [2.75, 3.05) is 10.6 Å². The van der Waals surface area contributed by atoms with E-state index in [0.717, 1.165) is 16.7 Å². The number of aromatic nitrogens is 4. The van der Waals surface area contributed by atoms with Crippen LogP contribution in [0.5, 0.6) is 0 Å². The molecule has 28 heavy (non-hydrogen) atoms. The van der Waals surface area contributed by atoms with E-state index >= 15 is 0 Å². The fourth-order valence-electron chi connectivity index (χ4n) is 2.76. The molecule has 0 bridgehead atoms. The first-order valence-corrected chi connectivity index (χ1v) is 10.1. The number of amides is 2. The highest BCUT2D eigenvalue weighted by Crippen LogP contribution is 2.21. The molecule has 2 amide bonds. The molecule has 0 saturated heterocycles. The minimum absolute atomic E-state index is 0.107. The van der Waals surface area contributed by atoms with Crippen molar-refractivity contribution in [3.63, 3.8) is 0 Å². The van der Waals surface area contributed by atoms with Gasteiger partial charge in [0, 0.05) is 17.8 Å². The van der Waals surface area contributed by atoms with E-state index < -0.39 is 0 Å². The highest BCUT2D eigenvalue weighted by molar-refractivity contribution is 7.14. The summed E-state index contributed by atoms with van der Waals surface area (Å²) in [6.45, 7) is 1.90. The van der Waals surface area contributed by atoms with Gasteiger partial charge < -0.3 is 5.32 Å². The number of hydrogen-bond acceptors (Lipinski definition) is 7. The van der Waals surface area contributed by atoms with Crippen molar-refractivity contribution < 1.29 is 9.59 Å². The Morgan fingerprint density at radius 1 is 1.25 bits per heavy atom. The Morgan fingerprint density at radius 2 is 2.11 bits per heavy atom. The van der Waals surface area contributed by atoms with Crippen LogP contribution >= 0.6 is 22.7 Å². The van der Waals surface area contributed by atoms with Crippen molar-refractivity contribution in [3.05, 3.63) is 51.4 Å². The van der Waals surface area contributed by atoms with Crippen LogP contribution in [-0.4, -0.2) is 31.6 Å². The molecule has 0 aliphatic rings. The predicted molar refractivity (Wildman–Crippen MR) is 110 cm³/mol. The van der Waals surface area contributed by atoms with E-state index in [1.807, 2.05) is 31.5 Å². The van der Waals surface area contributed by atoms with E-state index in [2.05, 4.69) is 25.7 Å². The summed E-state index contributed by atoms with van der Waals surface area (Å²) < 4.78 is 1.71. The van der Waals surface area contributed by atoms with E-state index in [1.165, 1.54) is 22.7 Å². The van der Waals surface area contributed by atoms with Crippen molar-refractivity contribution in [1.82, 2.24) is 19.7 Å². The van der Waals surface area contributed by atoms with Crippen molar-refractivity contribution >= 4 is 56.3 Å². The normalized spacial score (nSPS) is 10.9. The van der Waals surface area contributed by atoms with Crippen molar-refractivity contribution in [3.8, 4) is 0 Å². The first kappa shape index (κ1) is 18.3. The number of hydrogen-bond donors (Lipinski definition) is 2. The van der Waals surface area contributed by atoms with Gasteiger partial charge in [-0.1, -0.05) is 6.07 Å². The fraction of sp³-hybridized carbons (Fsp3) is 0.167. The number of carbonyl (C=O) groups excluding carboxylic acids is 2. The molecule has 0 radical (unpaired) electrons. The van der Waals surface area contributed by atoms with Gasteiger partial charge in [-0.05, 0) is 24.4 Å². The van der Waals surface area contributed by atoms with Crippen LogP contribution in [0.25, 0.3) is 11.0 Å². The maximum absolute atomic E-state index is 12.3. The lowest BCUT2D eigenvalue weighted by Gasteiger charge is -2.04. The van der Waals surface area contributed by atoms with Gasteiger partial charge in [-0.15, -0.1) is 22.7 Å². The van der Waals surface area contributed by atoms with Crippen molar-refractivity contribution in [2.24, 2.45) is 7.05 Å². The molecule has 0 aromatic carbocycles. The lowest BCUT2D eigenvalue weighted by Crippen LogP contribution is -2.15. The Balaban J connectivity index is 1.39. The molecule has 142 valence electrons. The zero-order valence-corrected chi connectivity index (χ0v) is 16.7. The number of aryl methyl sites for hydroxylation is 2. The maximum atomic E-state index is 12.3. The number of thiophene rings is 1. The summed E-state index contributed by atoms with van der Waals surface area (Å²) in [5.41, 5.74) is 2.82. The standard InChI is InChI=1S/C18H16N6O2S2/c1-10-13-6-11(8-19-16(13)24(2)23-10)20-15(25)7-12-9-28-18(21-12)22-17(26)14-4-3-5-27-14/h3-6,8-9H,7H2,1-2H3,(H,20,25)(H,21,22,26). The number of rotatable bonds is 5. The Labute approximate surface area is 168 Å². The van der Waals surface area contributed by atoms with Gasteiger partial charge in [0.1, 0.15) is 0 Å². The average molecular weight is 413 g/mol. The summed E-state index contributed by atoms with van der Waals surface area (Å²) in [4.78, 5) is 33.7. The summed E-state index contributed by atoms with van der Waals surface area (Å²) in [5, 5.41) is 14.9. The topological polar surface area (TPSA) is 102 Å². The van der Waals surface area contributed by atoms with Gasteiger partial charge in [0.15, 0.2) is 10.8 Å². The zero-order chi connectivity index (χ0) is 19.7. The number of pyridine rings is 1. The lowest BCUT2D eigenvalue weighted by atomic mass is 10.2. The van der Waals surface area contributed by atoms with Gasteiger partial charge in [0.2, 0.25) is 5.91 Å². The molecule has 4 rings (SSSR count). The molecule has 8 nitrogen and oxygen atoms in total. The minimum Gasteiger partial charge on any atom is -0.324 e. The minimum atomic E-state index is -0.205. The van der Waals surface area contributed by atoms with Crippen LogP contribution in [0.15, 0.2) is 35.2 Å². The second-order valence-corrected chi connectivity index (χ2v) is 7.91. The zero-order valence-electron chi connectivity index (χ0n) is 15.1. The molecular weight excluding hydrogens is 396 g/mol. The van der Waals surface area contributed by atoms with Crippen molar-refractivity contribution in [1.29, 1.82) is 0 Å². The molecule has 0 spiro atoms. The Morgan fingerprint density at radius 3 is 2.89 bits per heavy atom. The quantitative estimate of drug-likeness (QED) is 0.524. The van der Waals surface area contributed by atoms with E-state index in [-0.39, 0.29) is 18.2 Å². The third kappa shape index (κ3) is 3.78. The molecule has 0 unspecified atom stereocenters. The fourth-order valence-corrected chi connectivity index (χ4v) is 4.08. The Kier molecular flexibility index (Phi) is 4.88. The molecule has 10 heteroatoms. The van der Waals surface area contributed by atoms with E-state index in [1.54, 1.807) is 22.3 Å². The SMILES string of the molecule is Cc1nn(C)c2ncc(NC(=O)Cc3csc(NC(=O)c4cccs4)n3)cc12. The van der Waals surface area contributed by atoms with E-state index in [0.29, 0.717) is 21.4 Å². The number of thiazole rings is 1. The van der Waals surface area contributed by atoms with Crippen molar-refractivity contribution in [2.45, 2.75) is 13.3 Å². The summed E-state index contributed by atoms with van der Waals surface area (Å²) >= 11 is 2.65. The summed E-state index contributed by atoms with van der Waals surface area (Å²) in [6.07, 6.45) is 1.71. The first-order chi connectivity index (χ1) is 13.5. The molecular formula is C18H16N6O2S2. The third-order valence-electron chi connectivity index (χ3n) is 4.01. The number of nitrogens with zero attached hydrogens (tertiary/aromatic N) is 4. The van der Waals surface area contributed by atoms with Crippen LogP contribution in [0.3, 0.4) is 0 Å². The van der Waals surface area contributed by atoms with Gasteiger partial charge >= 0.3 is 0 Å². The second kappa shape index (κ2) is 7.49. The molecule has 2 N–H and O–H groups in total. The van der Waals surface area contributed by atoms with Gasteiger partial charge in [-0.25, -0.2) is 9.97 Å². The van der Waals surface area contributed by atoms with Crippen LogP contribution in [0.2, 0.25) is 0 Å². The van der Waals surface area contributed by atoms with E-state index in [9.17, 15) is 9.59 Å². The number of fused-ring (bicyclic) bond motifs is 1. The van der Waals surface area contributed by atoms with Crippen LogP contribution in [-0.2, 0) is 18.3 Å². The second-order valence-electron chi connectivity index (χ2n) is 6.10. The van der Waals surface area contributed by atoms with Crippen LogP contribution in [0.4, 0.5) is 10.8 Å². The molecule has 0 aliphatic carbocycles. The number of carbonyl (C=O) groups is 2. The molecule has 4 aromatic rings. The largest absolute Gasteiger partial charge is 0.324 e. The predicted octanol–water partition coefficient (Wildman–Crippen LogP) is 3.23. The first-order valence-electron chi connectivity index (χ1n) is 8.38. The Bertz CT molecular complexity index is 1160. The van der Waals surface area contributed by atoms with E-state index in [4.69, 9.17) is 0 Å². The highest BCUT2D eigenvalue weighted by Gasteiger charge is 2.13. The number of nitrogens with one attached hydrogen (secondary N) is 2. The smallest absolute Gasteiger partial charge is 0.267 e. The van der Waals surface area contributed by atoms with Gasteiger partial charge in [-0.3, -0.25) is 19.6 Å². The van der Waals surface area contributed by atoms with Gasteiger partial charge in [-0.2, -0.15) is 5.10 Å². The molecule has 0 aliphatic heterocycles. The molecule has 0 fully saturated rings. The summed E-state index contributed by atoms with van der Waals surface area (Å²) in [5.74, 6) is -0.407. The molecule has 4 heterocycles. The van der Waals surface area contributed by atoms with Crippen LogP contribution < -0.4 is 10.6 Å². The average Bonchev–Trinajstić information content (AvgIpc) is 3.38. The Hall–Kier alpha value is -3.11. The molecule has 0 atom stereocenters. The van der Waals surface area contributed by atoms with Crippen LogP contribution in [0.1, 0.15) is 21.1 Å². The number of anilines is 2.